The first-order valence-electron chi connectivity index (χ1n) is 13.5. The topological polar surface area (TPSA) is 106 Å². The zero-order valence-corrected chi connectivity index (χ0v) is 23.0. The van der Waals surface area contributed by atoms with Crippen molar-refractivity contribution in [2.45, 2.75) is 56.4 Å². The molecule has 0 saturated heterocycles. The van der Waals surface area contributed by atoms with Gasteiger partial charge in [0.1, 0.15) is 17.2 Å². The van der Waals surface area contributed by atoms with Crippen molar-refractivity contribution in [1.82, 2.24) is 10.6 Å². The second kappa shape index (κ2) is 13.3. The lowest BCUT2D eigenvalue weighted by Gasteiger charge is -2.37. The largest absolute Gasteiger partial charge is 0.573 e. The minimum atomic E-state index is -5.05. The average Bonchev–Trinajstić information content (AvgIpc) is 3.43. The molecule has 236 valence electrons. The van der Waals surface area contributed by atoms with Crippen molar-refractivity contribution in [2.75, 3.05) is 6.61 Å². The maximum atomic E-state index is 13.5. The molecule has 0 radical (unpaired) electrons. The average molecular weight is 627 g/mol. The second-order valence-electron chi connectivity index (χ2n) is 10.1. The molecule has 1 aliphatic rings. The molecular formula is C30H28F6N2O6. The van der Waals surface area contributed by atoms with Crippen LogP contribution in [0.1, 0.15) is 42.4 Å². The second-order valence-corrected chi connectivity index (χ2v) is 10.1. The smallest absolute Gasteiger partial charge is 0.482 e. The molecule has 4 rings (SSSR count). The number of urea groups is 1. The molecule has 1 aliphatic carbocycles. The Morgan fingerprint density at radius 1 is 0.773 bits per heavy atom. The quantitative estimate of drug-likeness (QED) is 0.205. The van der Waals surface area contributed by atoms with Gasteiger partial charge in [0, 0.05) is 12.5 Å². The predicted molar refractivity (Wildman–Crippen MR) is 144 cm³/mol. The third-order valence-corrected chi connectivity index (χ3v) is 6.87. The van der Waals surface area contributed by atoms with Crippen LogP contribution in [0.4, 0.5) is 31.1 Å². The number of alkyl halides is 6. The number of carboxylic acids is 1. The maximum Gasteiger partial charge on any atom is 0.573 e. The van der Waals surface area contributed by atoms with Crippen LogP contribution < -0.4 is 24.8 Å². The van der Waals surface area contributed by atoms with Crippen LogP contribution in [-0.4, -0.2) is 42.5 Å². The predicted octanol–water partition coefficient (Wildman–Crippen LogP) is 6.68. The molecule has 0 aromatic heterocycles. The van der Waals surface area contributed by atoms with Gasteiger partial charge in [-0.05, 0) is 65.9 Å². The van der Waals surface area contributed by atoms with E-state index in [1.54, 1.807) is 6.07 Å². The van der Waals surface area contributed by atoms with Crippen molar-refractivity contribution < 1.29 is 55.2 Å². The van der Waals surface area contributed by atoms with Gasteiger partial charge in [0.15, 0.2) is 6.61 Å². The number of benzene rings is 3. The lowest BCUT2D eigenvalue weighted by atomic mass is 9.77. The fourth-order valence-corrected chi connectivity index (χ4v) is 5.16. The Labute approximate surface area is 247 Å². The van der Waals surface area contributed by atoms with Gasteiger partial charge in [0.25, 0.3) is 0 Å². The van der Waals surface area contributed by atoms with E-state index in [4.69, 9.17) is 9.84 Å². The van der Waals surface area contributed by atoms with E-state index in [1.165, 1.54) is 42.5 Å². The van der Waals surface area contributed by atoms with Gasteiger partial charge >= 0.3 is 24.7 Å². The van der Waals surface area contributed by atoms with Crippen LogP contribution in [0, 0.1) is 0 Å². The molecule has 3 aromatic carbocycles. The number of carboxylic acid groups (broad SMARTS) is 1. The molecule has 14 heteroatoms. The fraction of sp³-hybridized carbons (Fsp3) is 0.333. The van der Waals surface area contributed by atoms with Gasteiger partial charge in [-0.15, -0.1) is 26.3 Å². The molecule has 0 unspecified atom stereocenters. The molecule has 1 saturated carbocycles. The Bertz CT molecular complexity index is 1400. The lowest BCUT2D eigenvalue weighted by Crippen LogP contribution is -2.53. The molecular weight excluding hydrogens is 598 g/mol. The summed E-state index contributed by atoms with van der Waals surface area (Å²) in [6, 6.07) is 14.6. The Hall–Kier alpha value is -4.62. The molecule has 8 nitrogen and oxygen atoms in total. The highest BCUT2D eigenvalue weighted by atomic mass is 19.4. The van der Waals surface area contributed by atoms with Crippen LogP contribution in [0.2, 0.25) is 0 Å². The van der Waals surface area contributed by atoms with Gasteiger partial charge in [0.2, 0.25) is 0 Å². The van der Waals surface area contributed by atoms with Crippen molar-refractivity contribution in [3.05, 3.63) is 89.5 Å². The summed E-state index contributed by atoms with van der Waals surface area (Å²) in [6.45, 7) is -0.662. The monoisotopic (exact) mass is 626 g/mol. The summed E-state index contributed by atoms with van der Waals surface area (Å²) in [5, 5.41) is 14.7. The zero-order chi connectivity index (χ0) is 32.0. The molecule has 2 amide bonds. The number of hydrogen-bond acceptors (Lipinski definition) is 5. The number of amides is 2. The summed E-state index contributed by atoms with van der Waals surface area (Å²) in [7, 11) is 0. The van der Waals surface area contributed by atoms with E-state index in [0.717, 1.165) is 37.1 Å². The van der Waals surface area contributed by atoms with Crippen molar-refractivity contribution in [2.24, 2.45) is 0 Å². The first-order valence-corrected chi connectivity index (χ1v) is 13.5. The Kier molecular flexibility index (Phi) is 9.80. The zero-order valence-electron chi connectivity index (χ0n) is 23.0. The van der Waals surface area contributed by atoms with Crippen LogP contribution in [0.3, 0.4) is 0 Å². The molecule has 0 spiro atoms. The van der Waals surface area contributed by atoms with E-state index in [0.29, 0.717) is 18.4 Å². The summed E-state index contributed by atoms with van der Waals surface area (Å²) in [5.41, 5.74) is -1.31. The molecule has 0 aliphatic heterocycles. The van der Waals surface area contributed by atoms with Gasteiger partial charge in [-0.3, -0.25) is 0 Å². The molecule has 44 heavy (non-hydrogen) atoms. The number of aliphatic carboxylic acids is 1. The molecule has 0 heterocycles. The first-order chi connectivity index (χ1) is 20.7. The SMILES string of the molecule is O=C(O)COc1cccc(CC(NC(=O)NC2CCCC2)(c2cccc(OC(F)(F)F)c2)c2cccc(OC(F)(F)F)c2)c1. The Morgan fingerprint density at radius 3 is 1.82 bits per heavy atom. The summed E-state index contributed by atoms with van der Waals surface area (Å²) in [6.07, 6.45) is -7.16. The summed E-state index contributed by atoms with van der Waals surface area (Å²) < 4.78 is 92.6. The molecule has 0 atom stereocenters. The van der Waals surface area contributed by atoms with Gasteiger partial charge < -0.3 is 30.0 Å². The Balaban J connectivity index is 1.88. The van der Waals surface area contributed by atoms with E-state index >= 15 is 0 Å². The van der Waals surface area contributed by atoms with Gasteiger partial charge in [-0.1, -0.05) is 49.2 Å². The highest BCUT2D eigenvalue weighted by molar-refractivity contribution is 5.76. The molecule has 1 fully saturated rings. The van der Waals surface area contributed by atoms with Crippen LogP contribution in [0.25, 0.3) is 0 Å². The standard InChI is InChI=1S/C30H28F6N2O6/c31-29(32,33)43-24-12-4-7-20(15-24)28(38-27(41)37-22-9-1-2-10-22,21-8-5-13-25(16-21)44-30(34,35)36)17-19-6-3-11-23(14-19)42-18-26(39)40/h3-8,11-16,22H,1-2,9-10,17-18H2,(H,39,40)(H2,37,38,41). The van der Waals surface area contributed by atoms with Crippen LogP contribution >= 0.6 is 0 Å². The number of ether oxygens (including phenoxy) is 3. The van der Waals surface area contributed by atoms with Crippen molar-refractivity contribution in [3.63, 3.8) is 0 Å². The number of carbonyl (C=O) groups is 2. The third kappa shape index (κ3) is 9.19. The van der Waals surface area contributed by atoms with Crippen molar-refractivity contribution >= 4 is 12.0 Å². The normalized spacial score (nSPS) is 14.1. The Morgan fingerprint density at radius 2 is 1.30 bits per heavy atom. The van der Waals surface area contributed by atoms with Crippen LogP contribution in [-0.2, 0) is 16.8 Å². The number of halogens is 6. The van der Waals surface area contributed by atoms with Crippen LogP contribution in [0.5, 0.6) is 17.2 Å². The molecule has 0 bridgehead atoms. The lowest BCUT2D eigenvalue weighted by molar-refractivity contribution is -0.275. The minimum absolute atomic E-state index is 0.0434. The van der Waals surface area contributed by atoms with Crippen LogP contribution in [0.15, 0.2) is 72.8 Å². The van der Waals surface area contributed by atoms with E-state index in [-0.39, 0.29) is 29.3 Å². The number of nitrogens with one attached hydrogen (secondary N) is 2. The maximum absolute atomic E-state index is 13.5. The fourth-order valence-electron chi connectivity index (χ4n) is 5.16. The summed E-state index contributed by atoms with van der Waals surface area (Å²) >= 11 is 0. The van der Waals surface area contributed by atoms with Gasteiger partial charge in [0.05, 0.1) is 5.54 Å². The highest BCUT2D eigenvalue weighted by Gasteiger charge is 2.40. The summed E-state index contributed by atoms with van der Waals surface area (Å²) in [5.74, 6) is -2.35. The van der Waals surface area contributed by atoms with Crippen molar-refractivity contribution in [3.8, 4) is 17.2 Å². The minimum Gasteiger partial charge on any atom is -0.482 e. The third-order valence-electron chi connectivity index (χ3n) is 6.87. The van der Waals surface area contributed by atoms with Gasteiger partial charge in [-0.2, -0.15) is 0 Å². The van der Waals surface area contributed by atoms with E-state index in [9.17, 15) is 35.9 Å². The van der Waals surface area contributed by atoms with E-state index < -0.39 is 48.4 Å². The van der Waals surface area contributed by atoms with Crippen molar-refractivity contribution in [1.29, 1.82) is 0 Å². The number of rotatable bonds is 11. The highest BCUT2D eigenvalue weighted by Crippen LogP contribution is 2.39. The molecule has 3 N–H and O–H groups in total. The first kappa shape index (κ1) is 32.3. The van der Waals surface area contributed by atoms with E-state index in [1.807, 2.05) is 0 Å². The number of carbonyl (C=O) groups excluding carboxylic acids is 1. The summed E-state index contributed by atoms with van der Waals surface area (Å²) in [4.78, 5) is 24.5. The van der Waals surface area contributed by atoms with E-state index in [2.05, 4.69) is 20.1 Å². The number of hydrogen-bond donors (Lipinski definition) is 3. The van der Waals surface area contributed by atoms with Gasteiger partial charge in [-0.25, -0.2) is 9.59 Å². The molecule has 3 aromatic rings.